The van der Waals surface area contributed by atoms with Crippen molar-refractivity contribution < 1.29 is 9.53 Å². The van der Waals surface area contributed by atoms with E-state index in [9.17, 15) is 4.79 Å². The normalized spacial score (nSPS) is 14.2. The fourth-order valence-corrected chi connectivity index (χ4v) is 3.67. The number of nitrogens with one attached hydrogen (secondary N) is 1. The maximum atomic E-state index is 12.1. The molecule has 0 aromatic heterocycles. The molecule has 0 atom stereocenters. The van der Waals surface area contributed by atoms with E-state index >= 15 is 0 Å². The van der Waals surface area contributed by atoms with Crippen LogP contribution < -0.4 is 15.0 Å². The highest BCUT2D eigenvalue weighted by molar-refractivity contribution is 9.10. The van der Waals surface area contributed by atoms with Crippen LogP contribution in [-0.4, -0.2) is 25.6 Å². The molecule has 1 aliphatic heterocycles. The molecule has 1 heterocycles. The maximum Gasteiger partial charge on any atom is 0.262 e. The molecule has 1 fully saturated rings. The largest absolute Gasteiger partial charge is 0.483 e. The summed E-state index contributed by atoms with van der Waals surface area (Å²) >= 11 is 3.49. The quantitative estimate of drug-likeness (QED) is 0.718. The van der Waals surface area contributed by atoms with Crippen LogP contribution in [0.1, 0.15) is 31.7 Å². The molecular weight excluding hydrogens is 392 g/mol. The molecule has 26 heavy (non-hydrogen) atoms. The minimum absolute atomic E-state index is 0.0159. The van der Waals surface area contributed by atoms with Crippen LogP contribution in [0.5, 0.6) is 5.75 Å². The third-order valence-corrected chi connectivity index (χ3v) is 5.26. The van der Waals surface area contributed by atoms with Gasteiger partial charge in [-0.05, 0) is 83.6 Å². The van der Waals surface area contributed by atoms with E-state index in [0.717, 1.165) is 29.7 Å². The standard InChI is InChI=1S/C21H25BrN2O2/c1-2-16-6-11-20(19(22)14-16)26-15-21(25)23-17-7-9-18(10-8-17)24-12-4-3-5-13-24/h6-11,14H,2-5,12-13,15H2,1H3,(H,23,25). The van der Waals surface area contributed by atoms with Crippen molar-refractivity contribution >= 4 is 33.2 Å². The van der Waals surface area contributed by atoms with Gasteiger partial charge >= 0.3 is 0 Å². The maximum absolute atomic E-state index is 12.1. The lowest BCUT2D eigenvalue weighted by Gasteiger charge is -2.28. The predicted molar refractivity (Wildman–Crippen MR) is 110 cm³/mol. The van der Waals surface area contributed by atoms with E-state index in [1.165, 1.54) is 30.5 Å². The molecule has 1 saturated heterocycles. The van der Waals surface area contributed by atoms with Crippen LogP contribution in [0.15, 0.2) is 46.9 Å². The van der Waals surface area contributed by atoms with E-state index in [0.29, 0.717) is 5.75 Å². The molecular formula is C21H25BrN2O2. The van der Waals surface area contributed by atoms with Gasteiger partial charge in [-0.3, -0.25) is 4.79 Å². The molecule has 0 saturated carbocycles. The molecule has 0 bridgehead atoms. The van der Waals surface area contributed by atoms with Crippen molar-refractivity contribution in [2.24, 2.45) is 0 Å². The van der Waals surface area contributed by atoms with Crippen molar-refractivity contribution in [3.8, 4) is 5.75 Å². The first-order chi connectivity index (χ1) is 12.7. The van der Waals surface area contributed by atoms with Crippen LogP contribution >= 0.6 is 15.9 Å². The van der Waals surface area contributed by atoms with E-state index in [1.54, 1.807) is 0 Å². The van der Waals surface area contributed by atoms with Gasteiger partial charge in [0.25, 0.3) is 5.91 Å². The Hall–Kier alpha value is -2.01. The minimum atomic E-state index is -0.165. The number of piperidine rings is 1. The van der Waals surface area contributed by atoms with Crippen molar-refractivity contribution in [3.63, 3.8) is 0 Å². The number of hydrogen-bond acceptors (Lipinski definition) is 3. The molecule has 0 unspecified atom stereocenters. The summed E-state index contributed by atoms with van der Waals surface area (Å²) < 4.78 is 6.49. The Balaban J connectivity index is 1.51. The molecule has 1 amide bonds. The van der Waals surface area contributed by atoms with Gasteiger partial charge in [0.1, 0.15) is 5.75 Å². The highest BCUT2D eigenvalue weighted by Crippen LogP contribution is 2.26. The number of benzene rings is 2. The van der Waals surface area contributed by atoms with Crippen molar-refractivity contribution in [2.45, 2.75) is 32.6 Å². The number of amides is 1. The number of rotatable bonds is 6. The van der Waals surface area contributed by atoms with Crippen molar-refractivity contribution in [2.75, 3.05) is 29.9 Å². The lowest BCUT2D eigenvalue weighted by Crippen LogP contribution is -2.29. The van der Waals surface area contributed by atoms with Gasteiger partial charge in [0.05, 0.1) is 4.47 Å². The predicted octanol–water partition coefficient (Wildman–Crippen LogP) is 5.02. The second-order valence-corrected chi connectivity index (χ2v) is 7.40. The van der Waals surface area contributed by atoms with Gasteiger partial charge in [0.2, 0.25) is 0 Å². The Kier molecular flexibility index (Phi) is 6.56. The van der Waals surface area contributed by atoms with Crippen molar-refractivity contribution in [3.05, 3.63) is 52.5 Å². The second kappa shape index (κ2) is 9.08. The lowest BCUT2D eigenvalue weighted by molar-refractivity contribution is -0.118. The number of hydrogen-bond donors (Lipinski definition) is 1. The molecule has 4 nitrogen and oxygen atoms in total. The van der Waals surface area contributed by atoms with E-state index in [1.807, 2.05) is 30.3 Å². The topological polar surface area (TPSA) is 41.6 Å². The van der Waals surface area contributed by atoms with Crippen molar-refractivity contribution in [1.29, 1.82) is 0 Å². The first-order valence-corrected chi connectivity index (χ1v) is 10.0. The third kappa shape index (κ3) is 5.01. The van der Waals surface area contributed by atoms with Crippen LogP contribution in [-0.2, 0) is 11.2 Å². The molecule has 0 spiro atoms. The molecule has 138 valence electrons. The third-order valence-electron chi connectivity index (χ3n) is 4.64. The van der Waals surface area contributed by atoms with Crippen molar-refractivity contribution in [1.82, 2.24) is 0 Å². The molecule has 0 radical (unpaired) electrons. The highest BCUT2D eigenvalue weighted by Gasteiger charge is 2.11. The van der Waals surface area contributed by atoms with Crippen LogP contribution in [0.4, 0.5) is 11.4 Å². The summed E-state index contributed by atoms with van der Waals surface area (Å²) in [4.78, 5) is 14.5. The Morgan fingerprint density at radius 2 is 1.85 bits per heavy atom. The van der Waals surface area contributed by atoms with Crippen LogP contribution in [0, 0.1) is 0 Å². The number of carbonyl (C=O) groups excluding carboxylic acids is 1. The monoisotopic (exact) mass is 416 g/mol. The Labute approximate surface area is 163 Å². The number of anilines is 2. The molecule has 0 aliphatic carbocycles. The van der Waals surface area contributed by atoms with E-state index in [2.05, 4.69) is 45.2 Å². The van der Waals surface area contributed by atoms with Gasteiger partial charge in [-0.15, -0.1) is 0 Å². The average molecular weight is 417 g/mol. The number of nitrogens with zero attached hydrogens (tertiary/aromatic N) is 1. The zero-order valence-corrected chi connectivity index (χ0v) is 16.7. The fraction of sp³-hybridized carbons (Fsp3) is 0.381. The summed E-state index contributed by atoms with van der Waals surface area (Å²) in [7, 11) is 0. The van der Waals surface area contributed by atoms with E-state index in [4.69, 9.17) is 4.74 Å². The summed E-state index contributed by atoms with van der Waals surface area (Å²) in [5.74, 6) is 0.514. The molecule has 1 aliphatic rings. The molecule has 1 N–H and O–H groups in total. The average Bonchev–Trinajstić information content (AvgIpc) is 2.68. The minimum Gasteiger partial charge on any atom is -0.483 e. The smallest absolute Gasteiger partial charge is 0.262 e. The SMILES string of the molecule is CCc1ccc(OCC(=O)Nc2ccc(N3CCCCC3)cc2)c(Br)c1. The second-order valence-electron chi connectivity index (χ2n) is 6.55. The van der Waals surface area contributed by atoms with Gasteiger partial charge < -0.3 is 15.0 Å². The fourth-order valence-electron chi connectivity index (χ4n) is 3.13. The number of aryl methyl sites for hydroxylation is 1. The Bertz CT molecular complexity index is 740. The summed E-state index contributed by atoms with van der Waals surface area (Å²) in [6, 6.07) is 14.0. The zero-order valence-electron chi connectivity index (χ0n) is 15.1. The van der Waals surface area contributed by atoms with Crippen LogP contribution in [0.25, 0.3) is 0 Å². The molecule has 3 rings (SSSR count). The van der Waals surface area contributed by atoms with Gasteiger partial charge in [0, 0.05) is 24.5 Å². The van der Waals surface area contributed by atoms with Gasteiger partial charge in [-0.2, -0.15) is 0 Å². The summed E-state index contributed by atoms with van der Waals surface area (Å²) in [5, 5.41) is 2.89. The van der Waals surface area contributed by atoms with Crippen LogP contribution in [0.2, 0.25) is 0 Å². The highest BCUT2D eigenvalue weighted by atomic mass is 79.9. The van der Waals surface area contributed by atoms with Gasteiger partial charge in [-0.1, -0.05) is 13.0 Å². The summed E-state index contributed by atoms with van der Waals surface area (Å²) in [6.45, 7) is 4.32. The summed E-state index contributed by atoms with van der Waals surface area (Å²) in [6.07, 6.45) is 4.80. The first-order valence-electron chi connectivity index (χ1n) is 9.22. The number of ether oxygens (including phenoxy) is 1. The molecule has 2 aromatic rings. The summed E-state index contributed by atoms with van der Waals surface area (Å²) in [5.41, 5.74) is 3.24. The van der Waals surface area contributed by atoms with Gasteiger partial charge in [-0.25, -0.2) is 0 Å². The number of halogens is 1. The molecule has 5 heteroatoms. The van der Waals surface area contributed by atoms with Crippen LogP contribution in [0.3, 0.4) is 0 Å². The lowest BCUT2D eigenvalue weighted by atomic mass is 10.1. The first kappa shape index (κ1) is 18.8. The van der Waals surface area contributed by atoms with E-state index in [-0.39, 0.29) is 12.5 Å². The Morgan fingerprint density at radius 1 is 1.12 bits per heavy atom. The van der Waals surface area contributed by atoms with Gasteiger partial charge in [0.15, 0.2) is 6.61 Å². The Morgan fingerprint density at radius 3 is 2.50 bits per heavy atom. The number of carbonyl (C=O) groups is 1. The molecule has 2 aromatic carbocycles. The van der Waals surface area contributed by atoms with E-state index < -0.39 is 0 Å². The zero-order chi connectivity index (χ0) is 18.4.